The highest BCUT2D eigenvalue weighted by Crippen LogP contribution is 2.30. The van der Waals surface area contributed by atoms with Crippen LogP contribution in [-0.2, 0) is 11.0 Å². The second kappa shape index (κ2) is 9.25. The number of hydrogen-bond donors (Lipinski definition) is 2. The number of rotatable bonds is 5. The molecule has 31 heavy (non-hydrogen) atoms. The van der Waals surface area contributed by atoms with Crippen LogP contribution in [-0.4, -0.2) is 16.8 Å². The maximum absolute atomic E-state index is 12.9. The predicted molar refractivity (Wildman–Crippen MR) is 112 cm³/mol. The third-order valence-corrected chi connectivity index (χ3v) is 4.32. The van der Waals surface area contributed by atoms with Crippen molar-refractivity contribution in [2.75, 3.05) is 10.6 Å². The Labute approximate surface area is 176 Å². The van der Waals surface area contributed by atoms with E-state index in [0.29, 0.717) is 5.69 Å². The largest absolute Gasteiger partial charge is 0.416 e. The second-order valence-electron chi connectivity index (χ2n) is 6.67. The highest BCUT2D eigenvalue weighted by molar-refractivity contribution is 6.07. The molecule has 0 saturated carbocycles. The Morgan fingerprint density at radius 1 is 1.00 bits per heavy atom. The van der Waals surface area contributed by atoms with E-state index in [9.17, 15) is 22.8 Å². The number of carbonyl (C=O) groups is 2. The fraction of sp³-hybridized carbons (Fsp3) is 0.0870. The Morgan fingerprint density at radius 3 is 2.52 bits per heavy atom. The minimum atomic E-state index is -4.51. The van der Waals surface area contributed by atoms with Gasteiger partial charge in [-0.1, -0.05) is 18.2 Å². The molecule has 158 valence electrons. The van der Waals surface area contributed by atoms with E-state index < -0.39 is 23.6 Å². The summed E-state index contributed by atoms with van der Waals surface area (Å²) < 4.78 is 38.6. The molecule has 2 amide bonds. The molecule has 0 aliphatic heterocycles. The molecule has 8 heteroatoms. The number of alkyl halides is 3. The van der Waals surface area contributed by atoms with Crippen LogP contribution in [0, 0.1) is 6.92 Å². The van der Waals surface area contributed by atoms with Gasteiger partial charge in [0.15, 0.2) is 0 Å². The zero-order valence-corrected chi connectivity index (χ0v) is 16.4. The van der Waals surface area contributed by atoms with Crippen molar-refractivity contribution in [1.82, 2.24) is 4.98 Å². The first-order chi connectivity index (χ1) is 14.7. The fourth-order valence-electron chi connectivity index (χ4n) is 2.70. The van der Waals surface area contributed by atoms with Crippen LogP contribution in [0.3, 0.4) is 0 Å². The van der Waals surface area contributed by atoms with Crippen LogP contribution in [0.15, 0.2) is 73.1 Å². The van der Waals surface area contributed by atoms with Gasteiger partial charge in [0.1, 0.15) is 0 Å². The lowest BCUT2D eigenvalue weighted by molar-refractivity contribution is -0.137. The van der Waals surface area contributed by atoms with Crippen LogP contribution in [0.4, 0.5) is 24.5 Å². The zero-order valence-electron chi connectivity index (χ0n) is 16.4. The molecule has 2 aromatic carbocycles. The molecule has 5 nitrogen and oxygen atoms in total. The number of nitrogens with one attached hydrogen (secondary N) is 2. The molecule has 0 atom stereocenters. The monoisotopic (exact) mass is 425 g/mol. The fourth-order valence-corrected chi connectivity index (χ4v) is 2.70. The molecular formula is C23H18F3N3O2. The number of anilines is 2. The summed E-state index contributed by atoms with van der Waals surface area (Å²) in [5.41, 5.74) is 1.24. The molecule has 0 saturated heterocycles. The standard InChI is InChI=1S/C23H18F3N3O2/c1-15-7-9-17(22(31)28-19-6-2-5-18(13-19)23(24,25)26)12-20(15)29-21(30)10-8-16-4-3-11-27-14-16/h2-14H,1H3,(H,28,31)(H,29,30). The Kier molecular flexibility index (Phi) is 6.49. The topological polar surface area (TPSA) is 71.1 Å². The number of hydrogen-bond acceptors (Lipinski definition) is 3. The molecule has 0 radical (unpaired) electrons. The SMILES string of the molecule is Cc1ccc(C(=O)Nc2cccc(C(F)(F)F)c2)cc1NC(=O)C=Cc1cccnc1. The molecular weight excluding hydrogens is 407 g/mol. The Morgan fingerprint density at radius 2 is 1.81 bits per heavy atom. The average Bonchev–Trinajstić information content (AvgIpc) is 2.74. The summed E-state index contributed by atoms with van der Waals surface area (Å²) in [5, 5.41) is 5.14. The molecule has 0 aliphatic rings. The van der Waals surface area contributed by atoms with E-state index in [0.717, 1.165) is 23.3 Å². The van der Waals surface area contributed by atoms with Crippen LogP contribution in [0.2, 0.25) is 0 Å². The van der Waals surface area contributed by atoms with Crippen molar-refractivity contribution in [3.05, 3.63) is 95.3 Å². The Hall–Kier alpha value is -3.94. The number of amides is 2. The lowest BCUT2D eigenvalue weighted by atomic mass is 10.1. The van der Waals surface area contributed by atoms with Gasteiger partial charge in [0.05, 0.1) is 5.56 Å². The van der Waals surface area contributed by atoms with Crippen molar-refractivity contribution in [3.8, 4) is 0 Å². The van der Waals surface area contributed by atoms with Gasteiger partial charge in [-0.2, -0.15) is 13.2 Å². The number of nitrogens with zero attached hydrogens (tertiary/aromatic N) is 1. The van der Waals surface area contributed by atoms with E-state index in [1.165, 1.54) is 30.3 Å². The average molecular weight is 425 g/mol. The molecule has 0 bridgehead atoms. The number of halogens is 3. The Bertz CT molecular complexity index is 1130. The number of pyridine rings is 1. The number of benzene rings is 2. The van der Waals surface area contributed by atoms with Crippen molar-refractivity contribution >= 4 is 29.3 Å². The van der Waals surface area contributed by atoms with Gasteiger partial charge in [-0.3, -0.25) is 14.6 Å². The summed E-state index contributed by atoms with van der Waals surface area (Å²) in [6.07, 6.45) is 1.66. The van der Waals surface area contributed by atoms with Crippen molar-refractivity contribution in [3.63, 3.8) is 0 Å². The lowest BCUT2D eigenvalue weighted by Crippen LogP contribution is -2.15. The van der Waals surface area contributed by atoms with Crippen LogP contribution >= 0.6 is 0 Å². The smallest absolute Gasteiger partial charge is 0.322 e. The maximum atomic E-state index is 12.9. The lowest BCUT2D eigenvalue weighted by Gasteiger charge is -2.12. The zero-order chi connectivity index (χ0) is 22.4. The molecule has 1 aromatic heterocycles. The predicted octanol–water partition coefficient (Wildman–Crippen LogP) is 5.31. The van der Waals surface area contributed by atoms with Gasteiger partial charge in [0.25, 0.3) is 5.91 Å². The maximum Gasteiger partial charge on any atom is 0.416 e. The molecule has 2 N–H and O–H groups in total. The van der Waals surface area contributed by atoms with E-state index in [4.69, 9.17) is 0 Å². The summed E-state index contributed by atoms with van der Waals surface area (Å²) in [6, 6.07) is 12.5. The van der Waals surface area contributed by atoms with Gasteiger partial charge in [0.2, 0.25) is 5.91 Å². The first-order valence-corrected chi connectivity index (χ1v) is 9.21. The minimum absolute atomic E-state index is 0.0189. The van der Waals surface area contributed by atoms with E-state index in [-0.39, 0.29) is 11.3 Å². The van der Waals surface area contributed by atoms with Crippen LogP contribution < -0.4 is 10.6 Å². The van der Waals surface area contributed by atoms with Gasteiger partial charge in [-0.05, 0) is 60.5 Å². The van der Waals surface area contributed by atoms with Crippen molar-refractivity contribution in [2.45, 2.75) is 13.1 Å². The first kappa shape index (κ1) is 21.8. The van der Waals surface area contributed by atoms with Crippen LogP contribution in [0.1, 0.15) is 27.0 Å². The van der Waals surface area contributed by atoms with E-state index >= 15 is 0 Å². The normalized spacial score (nSPS) is 11.4. The van der Waals surface area contributed by atoms with Gasteiger partial charge in [-0.25, -0.2) is 0 Å². The molecule has 3 rings (SSSR count). The van der Waals surface area contributed by atoms with Gasteiger partial charge >= 0.3 is 6.18 Å². The quantitative estimate of drug-likeness (QED) is 0.544. The molecule has 0 aliphatic carbocycles. The van der Waals surface area contributed by atoms with Crippen LogP contribution in [0.5, 0.6) is 0 Å². The van der Waals surface area contributed by atoms with Crippen LogP contribution in [0.25, 0.3) is 6.08 Å². The third-order valence-electron chi connectivity index (χ3n) is 4.32. The summed E-state index contributed by atoms with van der Waals surface area (Å²) in [5.74, 6) is -0.997. The van der Waals surface area contributed by atoms with Crippen molar-refractivity contribution in [2.24, 2.45) is 0 Å². The summed E-state index contributed by atoms with van der Waals surface area (Å²) in [4.78, 5) is 28.7. The van der Waals surface area contributed by atoms with E-state index in [2.05, 4.69) is 15.6 Å². The van der Waals surface area contributed by atoms with E-state index in [1.807, 2.05) is 0 Å². The first-order valence-electron chi connectivity index (χ1n) is 9.21. The second-order valence-corrected chi connectivity index (χ2v) is 6.67. The number of aryl methyl sites for hydroxylation is 1. The summed E-state index contributed by atoms with van der Waals surface area (Å²) >= 11 is 0. The highest BCUT2D eigenvalue weighted by atomic mass is 19.4. The van der Waals surface area contributed by atoms with Gasteiger partial charge < -0.3 is 10.6 Å². The number of aromatic nitrogens is 1. The van der Waals surface area contributed by atoms with E-state index in [1.54, 1.807) is 43.6 Å². The summed E-state index contributed by atoms with van der Waals surface area (Å²) in [6.45, 7) is 1.76. The molecule has 1 heterocycles. The molecule has 3 aromatic rings. The Balaban J connectivity index is 1.72. The minimum Gasteiger partial charge on any atom is -0.322 e. The van der Waals surface area contributed by atoms with Crippen molar-refractivity contribution < 1.29 is 22.8 Å². The van der Waals surface area contributed by atoms with Gasteiger partial charge in [-0.15, -0.1) is 0 Å². The molecule has 0 fully saturated rings. The summed E-state index contributed by atoms with van der Waals surface area (Å²) in [7, 11) is 0. The highest BCUT2D eigenvalue weighted by Gasteiger charge is 2.30. The van der Waals surface area contributed by atoms with Gasteiger partial charge in [0, 0.05) is 35.4 Å². The number of carbonyl (C=O) groups excluding carboxylic acids is 2. The third kappa shape index (κ3) is 6.02. The molecule has 0 unspecified atom stereocenters. The van der Waals surface area contributed by atoms with Crippen molar-refractivity contribution in [1.29, 1.82) is 0 Å². The molecule has 0 spiro atoms.